The third-order valence-electron chi connectivity index (χ3n) is 2.01. The summed E-state index contributed by atoms with van der Waals surface area (Å²) < 4.78 is 26.2. The molecular weight excluding hydrogens is 268 g/mol. The smallest absolute Gasteiger partial charge is 0.149 e. The van der Waals surface area contributed by atoms with E-state index in [1.165, 1.54) is 6.07 Å². The van der Waals surface area contributed by atoms with E-state index in [-0.39, 0.29) is 16.7 Å². The molecule has 0 aliphatic carbocycles. The van der Waals surface area contributed by atoms with Crippen LogP contribution in [0.4, 0.5) is 14.5 Å². The van der Waals surface area contributed by atoms with E-state index >= 15 is 0 Å². The van der Waals surface area contributed by atoms with Crippen molar-refractivity contribution in [3.8, 4) is 0 Å². The van der Waals surface area contributed by atoms with Crippen LogP contribution >= 0.6 is 15.9 Å². The highest BCUT2D eigenvalue weighted by atomic mass is 79.9. The van der Waals surface area contributed by atoms with Crippen molar-refractivity contribution in [2.45, 2.75) is 19.4 Å². The van der Waals surface area contributed by atoms with Crippen molar-refractivity contribution >= 4 is 21.6 Å². The Morgan fingerprint density at radius 1 is 1.40 bits per heavy atom. The highest BCUT2D eigenvalue weighted by molar-refractivity contribution is 9.10. The number of nitrogens with one attached hydrogen (secondary N) is 1. The molecule has 1 aromatic carbocycles. The van der Waals surface area contributed by atoms with E-state index in [1.54, 1.807) is 0 Å². The molecule has 0 spiro atoms. The van der Waals surface area contributed by atoms with E-state index in [9.17, 15) is 13.9 Å². The zero-order valence-electron chi connectivity index (χ0n) is 8.23. The first kappa shape index (κ1) is 12.4. The molecule has 0 saturated heterocycles. The van der Waals surface area contributed by atoms with Crippen LogP contribution in [-0.4, -0.2) is 17.8 Å². The summed E-state index contributed by atoms with van der Waals surface area (Å²) in [7, 11) is 0. The molecule has 0 aliphatic rings. The van der Waals surface area contributed by atoms with Crippen LogP contribution < -0.4 is 5.32 Å². The number of hydrogen-bond acceptors (Lipinski definition) is 2. The normalized spacial score (nSPS) is 12.6. The molecule has 1 atom stereocenters. The predicted octanol–water partition coefficient (Wildman–Crippen LogP) is 2.91. The first-order valence-corrected chi connectivity index (χ1v) is 5.40. The SMILES string of the molecule is CCC(O)CNc1cc(Br)c(F)cc1F. The van der Waals surface area contributed by atoms with Gasteiger partial charge in [-0.2, -0.15) is 0 Å². The van der Waals surface area contributed by atoms with Crippen molar-refractivity contribution in [3.05, 3.63) is 28.2 Å². The number of hydrogen-bond donors (Lipinski definition) is 2. The zero-order valence-corrected chi connectivity index (χ0v) is 9.81. The maximum Gasteiger partial charge on any atom is 0.149 e. The highest BCUT2D eigenvalue weighted by Crippen LogP contribution is 2.23. The van der Waals surface area contributed by atoms with Crippen molar-refractivity contribution in [3.63, 3.8) is 0 Å². The lowest BCUT2D eigenvalue weighted by Crippen LogP contribution is -2.18. The standard InChI is InChI=1S/C10H12BrF2NO/c1-2-6(15)5-14-10-3-7(11)8(12)4-9(10)13/h3-4,6,14-15H,2,5H2,1H3. The van der Waals surface area contributed by atoms with Gasteiger partial charge in [0, 0.05) is 12.6 Å². The molecule has 0 amide bonds. The zero-order chi connectivity index (χ0) is 11.4. The Hall–Kier alpha value is -0.680. The molecule has 2 nitrogen and oxygen atoms in total. The topological polar surface area (TPSA) is 32.3 Å². The van der Waals surface area contributed by atoms with E-state index in [0.717, 1.165) is 6.07 Å². The second kappa shape index (κ2) is 5.42. The summed E-state index contributed by atoms with van der Waals surface area (Å²) in [6.45, 7) is 2.06. The average Bonchev–Trinajstić information content (AvgIpc) is 2.21. The van der Waals surface area contributed by atoms with Crippen LogP contribution in [-0.2, 0) is 0 Å². The molecule has 15 heavy (non-hydrogen) atoms. The number of aliphatic hydroxyl groups excluding tert-OH is 1. The van der Waals surface area contributed by atoms with E-state index in [0.29, 0.717) is 6.42 Å². The second-order valence-electron chi connectivity index (χ2n) is 3.19. The minimum absolute atomic E-state index is 0.177. The summed E-state index contributed by atoms with van der Waals surface area (Å²) in [5, 5.41) is 12.0. The molecule has 0 radical (unpaired) electrons. The van der Waals surface area contributed by atoms with Crippen LogP contribution in [0.15, 0.2) is 16.6 Å². The molecule has 0 aliphatic heterocycles. The summed E-state index contributed by atoms with van der Waals surface area (Å²) in [5.41, 5.74) is 0.177. The minimum Gasteiger partial charge on any atom is -0.391 e. The van der Waals surface area contributed by atoms with E-state index in [2.05, 4.69) is 21.2 Å². The van der Waals surface area contributed by atoms with Crippen molar-refractivity contribution < 1.29 is 13.9 Å². The summed E-state index contributed by atoms with van der Waals surface area (Å²) in [4.78, 5) is 0. The van der Waals surface area contributed by atoms with Crippen LogP contribution in [0.2, 0.25) is 0 Å². The lowest BCUT2D eigenvalue weighted by molar-refractivity contribution is 0.183. The molecule has 1 rings (SSSR count). The highest BCUT2D eigenvalue weighted by Gasteiger charge is 2.09. The number of benzene rings is 1. The van der Waals surface area contributed by atoms with Gasteiger partial charge in [0.2, 0.25) is 0 Å². The van der Waals surface area contributed by atoms with Gasteiger partial charge in [-0.1, -0.05) is 6.92 Å². The molecule has 0 heterocycles. The summed E-state index contributed by atoms with van der Waals surface area (Å²) >= 11 is 2.96. The van der Waals surface area contributed by atoms with Crippen LogP contribution in [0, 0.1) is 11.6 Å². The number of anilines is 1. The van der Waals surface area contributed by atoms with Gasteiger partial charge in [0.1, 0.15) is 11.6 Å². The Bertz CT molecular complexity index is 346. The van der Waals surface area contributed by atoms with Crippen molar-refractivity contribution in [1.82, 2.24) is 0 Å². The predicted molar refractivity (Wildman–Crippen MR) is 58.8 cm³/mol. The molecule has 0 saturated carbocycles. The maximum absolute atomic E-state index is 13.2. The van der Waals surface area contributed by atoms with Crippen molar-refractivity contribution in [1.29, 1.82) is 0 Å². The van der Waals surface area contributed by atoms with Gasteiger partial charge in [0.25, 0.3) is 0 Å². The molecule has 0 fully saturated rings. The fourth-order valence-electron chi connectivity index (χ4n) is 1.03. The second-order valence-corrected chi connectivity index (χ2v) is 4.04. The van der Waals surface area contributed by atoms with Gasteiger partial charge in [-0.3, -0.25) is 0 Å². The fraction of sp³-hybridized carbons (Fsp3) is 0.400. The number of halogens is 3. The van der Waals surface area contributed by atoms with Gasteiger partial charge >= 0.3 is 0 Å². The van der Waals surface area contributed by atoms with Gasteiger partial charge in [0.05, 0.1) is 16.3 Å². The van der Waals surface area contributed by atoms with Crippen molar-refractivity contribution in [2.24, 2.45) is 0 Å². The molecule has 84 valence electrons. The van der Waals surface area contributed by atoms with Crippen LogP contribution in [0.5, 0.6) is 0 Å². The Kier molecular flexibility index (Phi) is 4.47. The molecule has 5 heteroatoms. The molecule has 1 aromatic rings. The number of aliphatic hydroxyl groups is 1. The van der Waals surface area contributed by atoms with E-state index in [1.807, 2.05) is 6.92 Å². The molecule has 2 N–H and O–H groups in total. The Labute approximate surface area is 95.4 Å². The first-order valence-electron chi connectivity index (χ1n) is 4.61. The maximum atomic E-state index is 13.2. The molecular formula is C10H12BrF2NO. The minimum atomic E-state index is -0.668. The molecule has 0 bridgehead atoms. The lowest BCUT2D eigenvalue weighted by atomic mass is 10.2. The summed E-state index contributed by atoms with van der Waals surface area (Å²) in [5.74, 6) is -1.31. The van der Waals surface area contributed by atoms with Crippen molar-refractivity contribution in [2.75, 3.05) is 11.9 Å². The van der Waals surface area contributed by atoms with Gasteiger partial charge in [-0.05, 0) is 28.4 Å². The van der Waals surface area contributed by atoms with Gasteiger partial charge in [0.15, 0.2) is 0 Å². The van der Waals surface area contributed by atoms with Crippen LogP contribution in [0.1, 0.15) is 13.3 Å². The number of rotatable bonds is 4. The van der Waals surface area contributed by atoms with Gasteiger partial charge < -0.3 is 10.4 Å². The summed E-state index contributed by atoms with van der Waals surface area (Å²) in [6.07, 6.45) is 0.0463. The lowest BCUT2D eigenvalue weighted by Gasteiger charge is -2.11. The van der Waals surface area contributed by atoms with E-state index < -0.39 is 17.7 Å². The molecule has 0 aromatic heterocycles. The van der Waals surface area contributed by atoms with Crippen LogP contribution in [0.25, 0.3) is 0 Å². The third kappa shape index (κ3) is 3.43. The summed E-state index contributed by atoms with van der Waals surface area (Å²) in [6, 6.07) is 2.11. The quantitative estimate of drug-likeness (QED) is 0.831. The van der Waals surface area contributed by atoms with Gasteiger partial charge in [-0.25, -0.2) is 8.78 Å². The Morgan fingerprint density at radius 3 is 2.67 bits per heavy atom. The monoisotopic (exact) mass is 279 g/mol. The Balaban J connectivity index is 2.73. The Morgan fingerprint density at radius 2 is 2.07 bits per heavy atom. The van der Waals surface area contributed by atoms with E-state index in [4.69, 9.17) is 0 Å². The third-order valence-corrected chi connectivity index (χ3v) is 2.62. The fourth-order valence-corrected chi connectivity index (χ4v) is 1.37. The van der Waals surface area contributed by atoms with Gasteiger partial charge in [-0.15, -0.1) is 0 Å². The molecule has 1 unspecified atom stereocenters. The van der Waals surface area contributed by atoms with Crippen LogP contribution in [0.3, 0.4) is 0 Å². The first-order chi connectivity index (χ1) is 7.04. The average molecular weight is 280 g/mol. The largest absolute Gasteiger partial charge is 0.391 e.